The van der Waals surface area contributed by atoms with Crippen molar-refractivity contribution in [2.75, 3.05) is 13.2 Å². The van der Waals surface area contributed by atoms with Crippen molar-refractivity contribution in [1.82, 2.24) is 0 Å². The molecular formula is C32H44O5. The molecule has 0 aliphatic rings. The van der Waals surface area contributed by atoms with E-state index in [1.165, 1.54) is 22.3 Å². The predicted molar refractivity (Wildman–Crippen MR) is 154 cm³/mol. The molecule has 2 rings (SSSR count). The minimum atomic E-state index is -0.581. The molecule has 0 saturated carbocycles. The Morgan fingerprint density at radius 1 is 0.811 bits per heavy atom. The zero-order valence-electron chi connectivity index (χ0n) is 23.9. The number of rotatable bonds is 14. The summed E-state index contributed by atoms with van der Waals surface area (Å²) < 4.78 is 23.7. The molecule has 37 heavy (non-hydrogen) atoms. The Balaban J connectivity index is 2.33. The molecule has 0 amide bonds. The summed E-state index contributed by atoms with van der Waals surface area (Å²) in [6.45, 7) is 17.0. The van der Waals surface area contributed by atoms with Gasteiger partial charge in [-0.15, -0.1) is 0 Å². The Labute approximate surface area is 222 Å². The van der Waals surface area contributed by atoms with Gasteiger partial charge in [-0.1, -0.05) is 40.5 Å². The molecule has 0 spiro atoms. The number of hydrogen-bond donors (Lipinski definition) is 0. The molecule has 0 aliphatic heterocycles. The third kappa shape index (κ3) is 10.4. The molecule has 5 heteroatoms. The molecule has 5 nitrogen and oxygen atoms in total. The number of allylic oxidation sites excluding steroid dienone is 6. The van der Waals surface area contributed by atoms with Crippen molar-refractivity contribution < 1.29 is 18.6 Å². The fourth-order valence-electron chi connectivity index (χ4n) is 3.68. The Morgan fingerprint density at radius 2 is 1.35 bits per heavy atom. The minimum Gasteiger partial charge on any atom is -0.487 e. The fourth-order valence-corrected chi connectivity index (χ4v) is 3.68. The zero-order chi connectivity index (χ0) is 27.4. The molecule has 0 bridgehead atoms. The lowest BCUT2D eigenvalue weighted by molar-refractivity contribution is 0.240. The number of ether oxygens (including phenoxy) is 3. The molecule has 202 valence electrons. The van der Waals surface area contributed by atoms with Crippen LogP contribution in [0.5, 0.6) is 17.2 Å². The smallest absolute Gasteiger partial charge is 0.383 e. The lowest BCUT2D eigenvalue weighted by Crippen LogP contribution is -2.12. The minimum absolute atomic E-state index is 0.0676. The van der Waals surface area contributed by atoms with Gasteiger partial charge in [0.2, 0.25) is 5.75 Å². The second-order valence-corrected chi connectivity index (χ2v) is 10.2. The van der Waals surface area contributed by atoms with Gasteiger partial charge in [0.25, 0.3) is 0 Å². The Hall–Kier alpha value is -3.21. The standard InChI is InChI=1S/C32H44O5/c1-22(2)12-9-14-25(7)18-20-34-30-27-16-11-17-28(36-24(5)6)29(27)37-32(33)31(30)35-21-19-26(8)15-10-13-23(3)4/h11-13,16-19,24H,9-10,14-15,20-21H2,1-8H3. The van der Waals surface area contributed by atoms with E-state index in [0.29, 0.717) is 29.1 Å². The van der Waals surface area contributed by atoms with Gasteiger partial charge in [-0.25, -0.2) is 4.79 Å². The highest BCUT2D eigenvalue weighted by molar-refractivity contribution is 5.89. The summed E-state index contributed by atoms with van der Waals surface area (Å²) in [6, 6.07) is 5.52. The summed E-state index contributed by atoms with van der Waals surface area (Å²) in [5.74, 6) is 0.965. The highest BCUT2D eigenvalue weighted by Gasteiger charge is 2.20. The molecule has 0 radical (unpaired) electrons. The van der Waals surface area contributed by atoms with Crippen LogP contribution in [0, 0.1) is 0 Å². The highest BCUT2D eigenvalue weighted by Crippen LogP contribution is 2.37. The topological polar surface area (TPSA) is 57.9 Å². The summed E-state index contributed by atoms with van der Waals surface area (Å²) in [7, 11) is 0. The van der Waals surface area contributed by atoms with Crippen molar-refractivity contribution in [3.8, 4) is 17.2 Å². The summed E-state index contributed by atoms with van der Waals surface area (Å²) in [5, 5.41) is 0.646. The van der Waals surface area contributed by atoms with Gasteiger partial charge in [0, 0.05) is 0 Å². The lowest BCUT2D eigenvalue weighted by atomic mass is 10.1. The van der Waals surface area contributed by atoms with E-state index in [2.05, 4.69) is 53.7 Å². The molecule has 0 atom stereocenters. The van der Waals surface area contributed by atoms with Crippen LogP contribution in [0.4, 0.5) is 0 Å². The number of fused-ring (bicyclic) bond motifs is 1. The molecule has 1 heterocycles. The molecule has 0 fully saturated rings. The van der Waals surface area contributed by atoms with E-state index in [-0.39, 0.29) is 18.5 Å². The van der Waals surface area contributed by atoms with Crippen molar-refractivity contribution in [2.45, 2.75) is 87.2 Å². The summed E-state index contributed by atoms with van der Waals surface area (Å²) in [6.07, 6.45) is 12.3. The van der Waals surface area contributed by atoms with E-state index >= 15 is 0 Å². The first kappa shape index (κ1) is 30.0. The quantitative estimate of drug-likeness (QED) is 0.189. The summed E-state index contributed by atoms with van der Waals surface area (Å²) in [5.41, 5.74) is 4.83. The van der Waals surface area contributed by atoms with Crippen LogP contribution in [0.15, 0.2) is 74.0 Å². The van der Waals surface area contributed by atoms with Crippen LogP contribution in [0.25, 0.3) is 11.0 Å². The van der Waals surface area contributed by atoms with Crippen molar-refractivity contribution in [3.05, 3.63) is 75.2 Å². The average molecular weight is 509 g/mol. The molecule has 0 unspecified atom stereocenters. The average Bonchev–Trinajstić information content (AvgIpc) is 2.80. The molecule has 0 saturated heterocycles. The van der Waals surface area contributed by atoms with Gasteiger partial charge < -0.3 is 18.6 Å². The molecule has 0 N–H and O–H groups in total. The maximum Gasteiger partial charge on any atom is 0.383 e. The summed E-state index contributed by atoms with van der Waals surface area (Å²) in [4.78, 5) is 13.0. The van der Waals surface area contributed by atoms with Crippen LogP contribution < -0.4 is 19.8 Å². The first-order valence-corrected chi connectivity index (χ1v) is 13.2. The monoisotopic (exact) mass is 508 g/mol. The maximum atomic E-state index is 13.0. The van der Waals surface area contributed by atoms with E-state index in [1.54, 1.807) is 6.07 Å². The van der Waals surface area contributed by atoms with Gasteiger partial charge in [-0.05, 0) is 105 Å². The predicted octanol–water partition coefficient (Wildman–Crippen LogP) is 8.72. The van der Waals surface area contributed by atoms with Crippen molar-refractivity contribution in [3.63, 3.8) is 0 Å². The van der Waals surface area contributed by atoms with Crippen molar-refractivity contribution in [1.29, 1.82) is 0 Å². The molecule has 2 aromatic rings. The van der Waals surface area contributed by atoms with Crippen LogP contribution in [-0.2, 0) is 0 Å². The number of benzene rings is 1. The van der Waals surface area contributed by atoms with Gasteiger partial charge in [-0.3, -0.25) is 0 Å². The van der Waals surface area contributed by atoms with Crippen LogP contribution in [-0.4, -0.2) is 19.3 Å². The van der Waals surface area contributed by atoms with Gasteiger partial charge in [0.15, 0.2) is 17.1 Å². The zero-order valence-corrected chi connectivity index (χ0v) is 23.9. The second kappa shape index (κ2) is 15.1. The molecule has 1 aromatic heterocycles. The first-order valence-electron chi connectivity index (χ1n) is 13.2. The molecule has 1 aromatic carbocycles. The van der Waals surface area contributed by atoms with Crippen molar-refractivity contribution in [2.24, 2.45) is 0 Å². The lowest BCUT2D eigenvalue weighted by Gasteiger charge is -2.15. The third-order valence-corrected chi connectivity index (χ3v) is 5.67. The van der Waals surface area contributed by atoms with Crippen LogP contribution >= 0.6 is 0 Å². The van der Waals surface area contributed by atoms with Gasteiger partial charge >= 0.3 is 5.63 Å². The Morgan fingerprint density at radius 3 is 1.86 bits per heavy atom. The SMILES string of the molecule is CC(C)=CCCC(C)=CCOc1c(OCC=C(C)CCC=C(C)C)c2cccc(OC(C)C)c2oc1=O. The van der Waals surface area contributed by atoms with Gasteiger partial charge in [-0.2, -0.15) is 0 Å². The number of para-hydroxylation sites is 1. The van der Waals surface area contributed by atoms with E-state index in [4.69, 9.17) is 18.6 Å². The van der Waals surface area contributed by atoms with Gasteiger partial charge in [0.05, 0.1) is 11.5 Å². The van der Waals surface area contributed by atoms with Crippen LogP contribution in [0.3, 0.4) is 0 Å². The van der Waals surface area contributed by atoms with E-state index in [9.17, 15) is 4.79 Å². The Kier molecular flexibility index (Phi) is 12.3. The molecular weight excluding hydrogens is 464 g/mol. The largest absolute Gasteiger partial charge is 0.487 e. The summed E-state index contributed by atoms with van der Waals surface area (Å²) >= 11 is 0. The maximum absolute atomic E-state index is 13.0. The first-order chi connectivity index (χ1) is 17.6. The second-order valence-electron chi connectivity index (χ2n) is 10.2. The van der Waals surface area contributed by atoms with E-state index in [1.807, 2.05) is 38.1 Å². The van der Waals surface area contributed by atoms with Crippen molar-refractivity contribution >= 4 is 11.0 Å². The van der Waals surface area contributed by atoms with E-state index in [0.717, 1.165) is 25.7 Å². The Bertz CT molecular complexity index is 1200. The molecule has 0 aliphatic carbocycles. The number of hydrogen-bond acceptors (Lipinski definition) is 5. The van der Waals surface area contributed by atoms with E-state index < -0.39 is 5.63 Å². The van der Waals surface area contributed by atoms with Crippen LogP contribution in [0.2, 0.25) is 0 Å². The highest BCUT2D eigenvalue weighted by atomic mass is 16.5. The van der Waals surface area contributed by atoms with Gasteiger partial charge in [0.1, 0.15) is 13.2 Å². The third-order valence-electron chi connectivity index (χ3n) is 5.67. The fraction of sp³-hybridized carbons (Fsp3) is 0.469. The van der Waals surface area contributed by atoms with Crippen LogP contribution in [0.1, 0.15) is 81.1 Å². The normalized spacial score (nSPS) is 12.0.